The molecule has 5 heteroatoms. The summed E-state index contributed by atoms with van der Waals surface area (Å²) < 4.78 is 5.64. The lowest BCUT2D eigenvalue weighted by atomic mass is 10.1. The van der Waals surface area contributed by atoms with Crippen molar-refractivity contribution in [3.05, 3.63) is 48.0 Å². The molecule has 108 valence electrons. The van der Waals surface area contributed by atoms with Crippen LogP contribution in [-0.2, 0) is 0 Å². The summed E-state index contributed by atoms with van der Waals surface area (Å²) >= 11 is 1.60. The van der Waals surface area contributed by atoms with Gasteiger partial charge in [0.25, 0.3) is 5.91 Å². The van der Waals surface area contributed by atoms with Crippen molar-refractivity contribution in [3.63, 3.8) is 0 Å². The predicted octanol–water partition coefficient (Wildman–Crippen LogP) is 3.47. The van der Waals surface area contributed by atoms with Gasteiger partial charge in [-0.05, 0) is 30.5 Å². The molecular weight excluding hydrogens is 284 g/mol. The molecule has 0 saturated carbocycles. The highest BCUT2D eigenvalue weighted by Gasteiger charge is 2.19. The fraction of sp³-hybridized carbons (Fsp3) is 0.188. The van der Waals surface area contributed by atoms with Crippen molar-refractivity contribution >= 4 is 29.0 Å². The summed E-state index contributed by atoms with van der Waals surface area (Å²) in [5.74, 6) is 0.472. The van der Waals surface area contributed by atoms with E-state index in [1.165, 1.54) is 0 Å². The molecule has 0 atom stereocenters. The Morgan fingerprint density at radius 1 is 1.24 bits per heavy atom. The minimum Gasteiger partial charge on any atom is -0.489 e. The van der Waals surface area contributed by atoms with E-state index in [0.717, 1.165) is 22.8 Å². The van der Waals surface area contributed by atoms with Crippen LogP contribution in [0.15, 0.2) is 47.4 Å². The smallest absolute Gasteiger partial charge is 0.259 e. The molecule has 0 unspecified atom stereocenters. The highest BCUT2D eigenvalue weighted by molar-refractivity contribution is 7.98. The fourth-order valence-corrected chi connectivity index (χ4v) is 2.84. The van der Waals surface area contributed by atoms with Crippen LogP contribution in [0.4, 0.5) is 11.4 Å². The maximum atomic E-state index is 12.5. The quantitative estimate of drug-likeness (QED) is 0.852. The molecule has 21 heavy (non-hydrogen) atoms. The number of ether oxygens (including phenoxy) is 1. The van der Waals surface area contributed by atoms with Crippen LogP contribution in [0.1, 0.15) is 10.4 Å². The van der Waals surface area contributed by atoms with Crippen molar-refractivity contribution in [3.8, 4) is 5.75 Å². The summed E-state index contributed by atoms with van der Waals surface area (Å²) in [4.78, 5) is 13.6. The topological polar surface area (TPSA) is 50.4 Å². The summed E-state index contributed by atoms with van der Waals surface area (Å²) in [6.07, 6.45) is 1.99. The highest BCUT2D eigenvalue weighted by atomic mass is 32.2. The number of benzene rings is 2. The van der Waals surface area contributed by atoms with Gasteiger partial charge in [-0.15, -0.1) is 11.8 Å². The van der Waals surface area contributed by atoms with E-state index in [0.29, 0.717) is 17.9 Å². The second kappa shape index (κ2) is 6.10. The Kier molecular flexibility index (Phi) is 4.01. The Bertz CT molecular complexity index is 673. The standard InChI is InChI=1S/C16H16N2O2S/c1-21-14-8-3-2-6-12(14)18-16(19)11-5-4-7-13-15(11)20-10-9-17-13/h2-8,17H,9-10H2,1H3,(H,18,19). The first-order valence-corrected chi connectivity index (χ1v) is 7.96. The van der Waals surface area contributed by atoms with Crippen molar-refractivity contribution in [1.82, 2.24) is 0 Å². The number of rotatable bonds is 3. The lowest BCUT2D eigenvalue weighted by Crippen LogP contribution is -2.22. The largest absolute Gasteiger partial charge is 0.489 e. The highest BCUT2D eigenvalue weighted by Crippen LogP contribution is 2.32. The molecule has 0 radical (unpaired) electrons. The van der Waals surface area contributed by atoms with E-state index in [4.69, 9.17) is 4.74 Å². The van der Waals surface area contributed by atoms with Crippen molar-refractivity contribution < 1.29 is 9.53 Å². The summed E-state index contributed by atoms with van der Waals surface area (Å²) in [5.41, 5.74) is 2.24. The number of thioether (sulfide) groups is 1. The van der Waals surface area contributed by atoms with Crippen LogP contribution in [0, 0.1) is 0 Å². The van der Waals surface area contributed by atoms with E-state index in [1.807, 2.05) is 42.7 Å². The van der Waals surface area contributed by atoms with E-state index >= 15 is 0 Å². The molecule has 1 aliphatic heterocycles. The number of carbonyl (C=O) groups excluding carboxylic acids is 1. The normalized spacial score (nSPS) is 12.8. The van der Waals surface area contributed by atoms with Crippen molar-refractivity contribution in [2.24, 2.45) is 0 Å². The van der Waals surface area contributed by atoms with Gasteiger partial charge in [0.2, 0.25) is 0 Å². The molecule has 1 aliphatic rings. The summed E-state index contributed by atoms with van der Waals surface area (Å²) in [6.45, 7) is 1.33. The minimum atomic E-state index is -0.156. The first-order chi connectivity index (χ1) is 10.3. The molecule has 0 bridgehead atoms. The molecule has 0 saturated heterocycles. The number of hydrogen-bond acceptors (Lipinski definition) is 4. The van der Waals surface area contributed by atoms with Crippen molar-refractivity contribution in [1.29, 1.82) is 0 Å². The van der Waals surface area contributed by atoms with Crippen LogP contribution < -0.4 is 15.4 Å². The summed E-state index contributed by atoms with van der Waals surface area (Å²) in [5, 5.41) is 6.20. The molecule has 2 aromatic carbocycles. The van der Waals surface area contributed by atoms with Gasteiger partial charge in [0, 0.05) is 11.4 Å². The lowest BCUT2D eigenvalue weighted by Gasteiger charge is -2.21. The second-order valence-electron chi connectivity index (χ2n) is 4.61. The fourth-order valence-electron chi connectivity index (χ4n) is 2.29. The van der Waals surface area contributed by atoms with Crippen LogP contribution in [-0.4, -0.2) is 25.3 Å². The number of carbonyl (C=O) groups is 1. The van der Waals surface area contributed by atoms with Gasteiger partial charge in [-0.25, -0.2) is 0 Å². The van der Waals surface area contributed by atoms with E-state index in [2.05, 4.69) is 10.6 Å². The van der Waals surface area contributed by atoms with Gasteiger partial charge in [-0.2, -0.15) is 0 Å². The number of para-hydroxylation sites is 2. The molecule has 1 heterocycles. The number of amides is 1. The van der Waals surface area contributed by atoms with E-state index in [9.17, 15) is 4.79 Å². The third-order valence-electron chi connectivity index (χ3n) is 3.28. The zero-order chi connectivity index (χ0) is 14.7. The Labute approximate surface area is 127 Å². The van der Waals surface area contributed by atoms with E-state index in [1.54, 1.807) is 17.8 Å². The van der Waals surface area contributed by atoms with Gasteiger partial charge >= 0.3 is 0 Å². The molecule has 0 spiro atoms. The average Bonchev–Trinajstić information content (AvgIpc) is 2.54. The van der Waals surface area contributed by atoms with Crippen LogP contribution in [0.5, 0.6) is 5.75 Å². The zero-order valence-corrected chi connectivity index (χ0v) is 12.5. The number of fused-ring (bicyclic) bond motifs is 1. The van der Waals surface area contributed by atoms with E-state index in [-0.39, 0.29) is 5.91 Å². The number of anilines is 2. The lowest BCUT2D eigenvalue weighted by molar-refractivity contribution is 0.102. The molecule has 3 rings (SSSR count). The summed E-state index contributed by atoms with van der Waals surface area (Å²) in [6, 6.07) is 13.3. The van der Waals surface area contributed by atoms with Gasteiger partial charge in [0.05, 0.1) is 16.9 Å². The monoisotopic (exact) mass is 300 g/mol. The maximum absolute atomic E-state index is 12.5. The number of hydrogen-bond donors (Lipinski definition) is 2. The Balaban J connectivity index is 1.89. The van der Waals surface area contributed by atoms with Gasteiger partial charge in [-0.3, -0.25) is 4.79 Å². The van der Waals surface area contributed by atoms with E-state index < -0.39 is 0 Å². The van der Waals surface area contributed by atoms with Crippen LogP contribution in [0.25, 0.3) is 0 Å². The molecule has 0 aliphatic carbocycles. The van der Waals surface area contributed by atoms with Crippen LogP contribution >= 0.6 is 11.8 Å². The summed E-state index contributed by atoms with van der Waals surface area (Å²) in [7, 11) is 0. The third kappa shape index (κ3) is 2.83. The first kappa shape index (κ1) is 13.8. The molecular formula is C16H16N2O2S. The molecule has 0 fully saturated rings. The zero-order valence-electron chi connectivity index (χ0n) is 11.7. The van der Waals surface area contributed by atoms with Gasteiger partial charge < -0.3 is 15.4 Å². The minimum absolute atomic E-state index is 0.156. The Morgan fingerprint density at radius 3 is 2.95 bits per heavy atom. The first-order valence-electron chi connectivity index (χ1n) is 6.73. The maximum Gasteiger partial charge on any atom is 0.259 e. The molecule has 2 aromatic rings. The van der Waals surface area contributed by atoms with Crippen molar-refractivity contribution in [2.45, 2.75) is 4.90 Å². The van der Waals surface area contributed by atoms with Gasteiger partial charge in [0.1, 0.15) is 6.61 Å². The average molecular weight is 300 g/mol. The van der Waals surface area contributed by atoms with Crippen LogP contribution in [0.3, 0.4) is 0 Å². The molecule has 0 aromatic heterocycles. The Morgan fingerprint density at radius 2 is 2.10 bits per heavy atom. The molecule has 2 N–H and O–H groups in total. The van der Waals surface area contributed by atoms with Crippen molar-refractivity contribution in [2.75, 3.05) is 30.0 Å². The second-order valence-corrected chi connectivity index (χ2v) is 5.46. The van der Waals surface area contributed by atoms with Gasteiger partial charge in [-0.1, -0.05) is 18.2 Å². The van der Waals surface area contributed by atoms with Gasteiger partial charge in [0.15, 0.2) is 5.75 Å². The molecule has 1 amide bonds. The molecule has 4 nitrogen and oxygen atoms in total. The Hall–Kier alpha value is -2.14. The SMILES string of the molecule is CSc1ccccc1NC(=O)c1cccc2c1OCCN2. The third-order valence-corrected chi connectivity index (χ3v) is 4.07. The van der Waals surface area contributed by atoms with Crippen LogP contribution in [0.2, 0.25) is 0 Å². The predicted molar refractivity (Wildman–Crippen MR) is 86.6 cm³/mol. The number of nitrogens with one attached hydrogen (secondary N) is 2.